The molecule has 0 aliphatic carbocycles. The van der Waals surface area contributed by atoms with Gasteiger partial charge < -0.3 is 9.30 Å². The van der Waals surface area contributed by atoms with Crippen LogP contribution in [0.5, 0.6) is 0 Å². The number of thioether (sulfide) groups is 1. The molecular weight excluding hydrogens is 432 g/mol. The molecule has 166 valence electrons. The molecule has 8 heteroatoms. The van der Waals surface area contributed by atoms with Crippen LogP contribution in [0.3, 0.4) is 0 Å². The highest BCUT2D eigenvalue weighted by Gasteiger charge is 2.37. The normalized spacial score (nSPS) is 16.5. The van der Waals surface area contributed by atoms with Crippen LogP contribution >= 0.6 is 23.1 Å². The highest BCUT2D eigenvalue weighted by Crippen LogP contribution is 2.37. The molecule has 0 N–H and O–H groups in total. The third kappa shape index (κ3) is 4.11. The van der Waals surface area contributed by atoms with E-state index in [-0.39, 0.29) is 23.2 Å². The summed E-state index contributed by atoms with van der Waals surface area (Å²) in [5, 5.41) is 0.587. The average molecular weight is 461 g/mol. The van der Waals surface area contributed by atoms with Gasteiger partial charge in [-0.05, 0) is 83.0 Å². The quantitative estimate of drug-likeness (QED) is 0.403. The van der Waals surface area contributed by atoms with E-state index in [1.54, 1.807) is 24.3 Å². The Morgan fingerprint density at radius 1 is 1.19 bits per heavy atom. The minimum Gasteiger partial charge on any atom is -0.462 e. The fourth-order valence-corrected chi connectivity index (χ4v) is 5.82. The van der Waals surface area contributed by atoms with Crippen LogP contribution in [-0.2, 0) is 9.53 Å². The first kappa shape index (κ1) is 23.3. The van der Waals surface area contributed by atoms with Gasteiger partial charge in [0.2, 0.25) is 0 Å². The van der Waals surface area contributed by atoms with Crippen LogP contribution in [0.4, 0.5) is 4.79 Å². The molecular formula is C23H28N2O4S2. The second-order valence-electron chi connectivity index (χ2n) is 7.65. The van der Waals surface area contributed by atoms with E-state index in [2.05, 4.69) is 0 Å². The van der Waals surface area contributed by atoms with Gasteiger partial charge in [0, 0.05) is 22.3 Å². The third-order valence-corrected chi connectivity index (χ3v) is 7.74. The molecule has 2 aromatic rings. The Bertz CT molecular complexity index is 1090. The van der Waals surface area contributed by atoms with Gasteiger partial charge in [-0.25, -0.2) is 4.79 Å². The molecule has 0 unspecified atom stereocenters. The number of hydrogen-bond acceptors (Lipinski definition) is 6. The van der Waals surface area contributed by atoms with E-state index in [0.29, 0.717) is 23.5 Å². The Balaban J connectivity index is 2.07. The summed E-state index contributed by atoms with van der Waals surface area (Å²) in [6, 6.07) is 1.85. The van der Waals surface area contributed by atoms with Gasteiger partial charge in [-0.15, -0.1) is 11.3 Å². The van der Waals surface area contributed by atoms with Gasteiger partial charge in [-0.3, -0.25) is 14.5 Å². The zero-order chi connectivity index (χ0) is 23.0. The second-order valence-corrected chi connectivity index (χ2v) is 9.85. The minimum atomic E-state index is -0.330. The number of aromatic nitrogens is 1. The van der Waals surface area contributed by atoms with Crippen molar-refractivity contribution in [1.82, 2.24) is 9.47 Å². The van der Waals surface area contributed by atoms with E-state index >= 15 is 0 Å². The smallest absolute Gasteiger partial charge is 0.341 e. The Morgan fingerprint density at radius 3 is 2.48 bits per heavy atom. The molecule has 2 aromatic heterocycles. The maximum atomic E-state index is 12.8. The van der Waals surface area contributed by atoms with Crippen LogP contribution in [0.15, 0.2) is 11.0 Å². The predicted molar refractivity (Wildman–Crippen MR) is 126 cm³/mol. The lowest BCUT2D eigenvalue weighted by atomic mass is 10.1. The van der Waals surface area contributed by atoms with Crippen molar-refractivity contribution in [2.24, 2.45) is 0 Å². The first-order valence-electron chi connectivity index (χ1n) is 10.4. The van der Waals surface area contributed by atoms with Gasteiger partial charge in [0.05, 0.1) is 17.1 Å². The summed E-state index contributed by atoms with van der Waals surface area (Å²) in [5.74, 6) is -0.577. The van der Waals surface area contributed by atoms with Crippen LogP contribution in [0, 0.1) is 27.7 Å². The van der Waals surface area contributed by atoms with Gasteiger partial charge >= 0.3 is 5.97 Å². The lowest BCUT2D eigenvalue weighted by Crippen LogP contribution is -2.36. The number of hydrogen-bond donors (Lipinski definition) is 0. The van der Waals surface area contributed by atoms with E-state index < -0.39 is 0 Å². The lowest BCUT2D eigenvalue weighted by Gasteiger charge is -2.19. The Hall–Kier alpha value is -2.32. The second kappa shape index (κ2) is 9.04. The van der Waals surface area contributed by atoms with Crippen LogP contribution in [-0.4, -0.2) is 39.2 Å². The molecule has 3 rings (SSSR count). The fraction of sp³-hybridized carbons (Fsp3) is 0.435. The van der Waals surface area contributed by atoms with Crippen molar-refractivity contribution in [3.05, 3.63) is 43.9 Å². The van der Waals surface area contributed by atoms with Gasteiger partial charge in [0.25, 0.3) is 11.1 Å². The molecule has 0 radical (unpaired) electrons. The Labute approximate surface area is 191 Å². The van der Waals surface area contributed by atoms with Crippen LogP contribution in [0.1, 0.15) is 64.9 Å². The topological polar surface area (TPSA) is 68.6 Å². The highest BCUT2D eigenvalue weighted by molar-refractivity contribution is 8.18. The maximum Gasteiger partial charge on any atom is 0.341 e. The molecule has 1 saturated heterocycles. The van der Waals surface area contributed by atoms with Gasteiger partial charge in [-0.2, -0.15) is 0 Å². The number of carbonyl (C=O) groups is 3. The number of amides is 2. The SMILES string of the molecule is CCOC(=O)c1c(-n2c(C)cc(/C=C3/SC(=O)N([C@@H](C)CC)C3=O)c2C)sc(C)c1C. The number of ether oxygens (including phenoxy) is 1. The lowest BCUT2D eigenvalue weighted by molar-refractivity contribution is -0.124. The number of nitrogens with zero attached hydrogens (tertiary/aromatic N) is 2. The zero-order valence-corrected chi connectivity index (χ0v) is 20.6. The molecule has 3 heterocycles. The molecule has 31 heavy (non-hydrogen) atoms. The minimum absolute atomic E-state index is 0.130. The molecule has 2 amide bonds. The number of esters is 1. The van der Waals surface area contributed by atoms with Crippen molar-refractivity contribution in [3.8, 4) is 5.00 Å². The molecule has 0 bridgehead atoms. The predicted octanol–water partition coefficient (Wildman–Crippen LogP) is 5.78. The van der Waals surface area contributed by atoms with Crippen molar-refractivity contribution in [2.45, 2.75) is 60.9 Å². The average Bonchev–Trinajstić information content (AvgIpc) is 3.26. The van der Waals surface area contributed by atoms with Gasteiger partial charge in [0.1, 0.15) is 5.00 Å². The van der Waals surface area contributed by atoms with Crippen LogP contribution in [0.25, 0.3) is 11.1 Å². The summed E-state index contributed by atoms with van der Waals surface area (Å²) in [7, 11) is 0. The molecule has 0 spiro atoms. The number of thiophene rings is 1. The summed E-state index contributed by atoms with van der Waals surface area (Å²) in [4.78, 5) is 40.6. The maximum absolute atomic E-state index is 12.8. The zero-order valence-electron chi connectivity index (χ0n) is 19.0. The summed E-state index contributed by atoms with van der Waals surface area (Å²) < 4.78 is 7.33. The van der Waals surface area contributed by atoms with Crippen molar-refractivity contribution in [3.63, 3.8) is 0 Å². The van der Waals surface area contributed by atoms with Crippen molar-refractivity contribution < 1.29 is 19.1 Å². The summed E-state index contributed by atoms with van der Waals surface area (Å²) in [6.45, 7) is 13.8. The van der Waals surface area contributed by atoms with E-state index in [1.807, 2.05) is 52.2 Å². The molecule has 0 saturated carbocycles. The third-order valence-electron chi connectivity index (χ3n) is 5.66. The molecule has 1 atom stereocenters. The van der Waals surface area contributed by atoms with Gasteiger partial charge in [0.15, 0.2) is 0 Å². The van der Waals surface area contributed by atoms with E-state index in [1.165, 1.54) is 4.90 Å². The van der Waals surface area contributed by atoms with E-state index in [4.69, 9.17) is 4.74 Å². The molecule has 1 aliphatic heterocycles. The van der Waals surface area contributed by atoms with Crippen molar-refractivity contribution >= 4 is 46.3 Å². The number of imide groups is 1. The number of rotatable bonds is 6. The Morgan fingerprint density at radius 2 is 1.87 bits per heavy atom. The number of aryl methyl sites for hydroxylation is 2. The molecule has 1 aliphatic rings. The Kier molecular flexibility index (Phi) is 6.81. The molecule has 0 aromatic carbocycles. The fourth-order valence-electron chi connectivity index (χ4n) is 3.64. The van der Waals surface area contributed by atoms with Crippen LogP contribution < -0.4 is 0 Å². The summed E-state index contributed by atoms with van der Waals surface area (Å²) in [6.07, 6.45) is 2.50. The largest absolute Gasteiger partial charge is 0.462 e. The summed E-state index contributed by atoms with van der Waals surface area (Å²) >= 11 is 2.53. The van der Waals surface area contributed by atoms with E-state index in [0.717, 1.165) is 44.2 Å². The first-order chi connectivity index (χ1) is 14.6. The monoisotopic (exact) mass is 460 g/mol. The first-order valence-corrected chi connectivity index (χ1v) is 12.0. The van der Waals surface area contributed by atoms with Crippen LogP contribution in [0.2, 0.25) is 0 Å². The van der Waals surface area contributed by atoms with E-state index in [9.17, 15) is 14.4 Å². The van der Waals surface area contributed by atoms with Crippen molar-refractivity contribution in [1.29, 1.82) is 0 Å². The molecule has 6 nitrogen and oxygen atoms in total. The highest BCUT2D eigenvalue weighted by atomic mass is 32.2. The molecule has 1 fully saturated rings. The van der Waals surface area contributed by atoms with Crippen molar-refractivity contribution in [2.75, 3.05) is 6.61 Å². The number of carbonyl (C=O) groups excluding carboxylic acids is 3. The van der Waals surface area contributed by atoms with Gasteiger partial charge in [-0.1, -0.05) is 6.92 Å². The summed E-state index contributed by atoms with van der Waals surface area (Å²) in [5.41, 5.74) is 4.19. The standard InChI is InChI=1S/C23H28N2O4S2/c1-8-12(3)25-20(26)18(31-23(25)28)11-17-10-13(4)24(15(17)6)21-19(22(27)29-9-2)14(5)16(7)30-21/h10-12H,8-9H2,1-7H3/b18-11+/t12-/m0/s1.